The van der Waals surface area contributed by atoms with E-state index in [1.54, 1.807) is 6.07 Å². The number of nitrogens with one attached hydrogen (secondary N) is 1. The van der Waals surface area contributed by atoms with Crippen LogP contribution in [0.15, 0.2) is 16.6 Å². The van der Waals surface area contributed by atoms with E-state index in [0.29, 0.717) is 16.5 Å². The Morgan fingerprint density at radius 3 is 2.57 bits per heavy atom. The van der Waals surface area contributed by atoms with Crippen LogP contribution in [-0.4, -0.2) is 16.7 Å². The number of carboxylic acid groups (broad SMARTS) is 1. The first-order chi connectivity index (χ1) is 9.55. The van der Waals surface area contributed by atoms with E-state index in [1.807, 2.05) is 6.07 Å². The van der Waals surface area contributed by atoms with E-state index in [0.717, 1.165) is 16.5 Å². The van der Waals surface area contributed by atoms with Crippen molar-refractivity contribution >= 4 is 45.2 Å². The van der Waals surface area contributed by atoms with Crippen LogP contribution in [-0.2, 0) is 6.42 Å². The van der Waals surface area contributed by atoms with Gasteiger partial charge in [-0.2, -0.15) is 0 Å². The lowest BCUT2D eigenvalue weighted by Gasteiger charge is -2.25. The number of halogens is 3. The molecule has 1 aliphatic carbocycles. The van der Waals surface area contributed by atoms with Crippen molar-refractivity contribution in [3.63, 3.8) is 0 Å². The van der Waals surface area contributed by atoms with Crippen molar-refractivity contribution < 1.29 is 9.90 Å². The molecule has 1 amide bonds. The average molecular weight is 395 g/mol. The molecular formula is C15H18BrCl2NO2. The molecule has 21 heavy (non-hydrogen) atoms. The normalized spacial score (nSPS) is 24.8. The lowest BCUT2D eigenvalue weighted by molar-refractivity contribution is 0.182. The molecule has 6 heteroatoms. The minimum Gasteiger partial charge on any atom is -0.465 e. The second-order valence-corrected chi connectivity index (χ2v) is 8.45. The standard InChI is InChI=1S/C15H18BrCl2NO2/c1-14(2,3)11-7-15(11,19-13(20)21)6-8-4-9(16)5-10(17)12(8)18/h4-5,11,19H,6-7H2,1-3H3,(H,20,21). The summed E-state index contributed by atoms with van der Waals surface area (Å²) in [4.78, 5) is 11.2. The highest BCUT2D eigenvalue weighted by Crippen LogP contribution is 2.56. The van der Waals surface area contributed by atoms with Crippen LogP contribution in [0, 0.1) is 11.3 Å². The van der Waals surface area contributed by atoms with E-state index in [9.17, 15) is 4.79 Å². The summed E-state index contributed by atoms with van der Waals surface area (Å²) in [7, 11) is 0. The van der Waals surface area contributed by atoms with Gasteiger partial charge in [-0.3, -0.25) is 0 Å². The number of carbonyl (C=O) groups is 1. The third-order valence-corrected chi connectivity index (χ3v) is 5.35. The van der Waals surface area contributed by atoms with Crippen molar-refractivity contribution in [1.29, 1.82) is 0 Å². The highest BCUT2D eigenvalue weighted by Gasteiger charge is 2.59. The minimum atomic E-state index is -1.00. The summed E-state index contributed by atoms with van der Waals surface area (Å²) in [5, 5.41) is 12.8. The maximum atomic E-state index is 11.2. The summed E-state index contributed by atoms with van der Waals surface area (Å²) in [5.41, 5.74) is 0.430. The fraction of sp³-hybridized carbons (Fsp3) is 0.533. The Kier molecular flexibility index (Phi) is 4.54. The largest absolute Gasteiger partial charge is 0.465 e. The molecule has 0 heterocycles. The summed E-state index contributed by atoms with van der Waals surface area (Å²) in [5.74, 6) is 0.273. The molecule has 3 nitrogen and oxygen atoms in total. The molecule has 1 fully saturated rings. The molecule has 0 spiro atoms. The molecule has 1 saturated carbocycles. The Balaban J connectivity index is 2.32. The maximum absolute atomic E-state index is 11.2. The summed E-state index contributed by atoms with van der Waals surface area (Å²) >= 11 is 15.8. The first kappa shape index (κ1) is 16.9. The number of rotatable bonds is 3. The van der Waals surface area contributed by atoms with Gasteiger partial charge >= 0.3 is 6.09 Å². The van der Waals surface area contributed by atoms with Crippen molar-refractivity contribution in [3.8, 4) is 0 Å². The minimum absolute atomic E-state index is 0.0325. The van der Waals surface area contributed by atoms with Gasteiger partial charge in [0.05, 0.1) is 15.6 Å². The molecule has 1 aliphatic rings. The molecule has 0 radical (unpaired) electrons. The second kappa shape index (κ2) is 5.64. The van der Waals surface area contributed by atoms with Crippen LogP contribution in [0.4, 0.5) is 4.79 Å². The summed E-state index contributed by atoms with van der Waals surface area (Å²) < 4.78 is 0.838. The van der Waals surface area contributed by atoms with E-state index in [4.69, 9.17) is 28.3 Å². The lowest BCUT2D eigenvalue weighted by atomic mass is 9.85. The van der Waals surface area contributed by atoms with Crippen LogP contribution >= 0.6 is 39.1 Å². The molecule has 0 bridgehead atoms. The van der Waals surface area contributed by atoms with Gasteiger partial charge in [0, 0.05) is 4.47 Å². The predicted octanol–water partition coefficient (Wildman–Crippen LogP) is 5.37. The zero-order chi connectivity index (χ0) is 16.0. The van der Waals surface area contributed by atoms with Crippen molar-refractivity contribution in [3.05, 3.63) is 32.2 Å². The zero-order valence-corrected chi connectivity index (χ0v) is 15.2. The summed E-state index contributed by atoms with van der Waals surface area (Å²) in [6, 6.07) is 3.64. The Morgan fingerprint density at radius 1 is 1.48 bits per heavy atom. The first-order valence-electron chi connectivity index (χ1n) is 6.70. The highest BCUT2D eigenvalue weighted by atomic mass is 79.9. The number of hydrogen-bond donors (Lipinski definition) is 2. The molecule has 1 aromatic carbocycles. The van der Waals surface area contributed by atoms with Gasteiger partial charge in [0.2, 0.25) is 0 Å². The molecule has 0 aliphatic heterocycles. The topological polar surface area (TPSA) is 49.3 Å². The molecule has 2 atom stereocenters. The zero-order valence-electron chi connectivity index (χ0n) is 12.1. The van der Waals surface area contributed by atoms with Gasteiger partial charge in [-0.1, -0.05) is 59.9 Å². The number of benzene rings is 1. The SMILES string of the molecule is CC(C)(C)C1CC1(Cc1cc(Br)cc(Cl)c1Cl)NC(=O)O. The fourth-order valence-corrected chi connectivity index (χ4v) is 4.16. The number of amides is 1. The van der Waals surface area contributed by atoms with E-state index < -0.39 is 11.6 Å². The van der Waals surface area contributed by atoms with Crippen LogP contribution in [0.1, 0.15) is 32.8 Å². The molecule has 2 unspecified atom stereocenters. The van der Waals surface area contributed by atoms with Gasteiger partial charge in [-0.25, -0.2) is 4.79 Å². The van der Waals surface area contributed by atoms with E-state index in [-0.39, 0.29) is 11.3 Å². The quantitative estimate of drug-likeness (QED) is 0.677. The monoisotopic (exact) mass is 393 g/mol. The molecule has 0 aromatic heterocycles. The molecule has 2 N–H and O–H groups in total. The van der Waals surface area contributed by atoms with E-state index in [1.165, 1.54) is 0 Å². The molecular weight excluding hydrogens is 377 g/mol. The van der Waals surface area contributed by atoms with Crippen molar-refractivity contribution in [2.45, 2.75) is 39.2 Å². The van der Waals surface area contributed by atoms with Crippen LogP contribution in [0.5, 0.6) is 0 Å². The fourth-order valence-electron chi connectivity index (χ4n) is 3.11. The predicted molar refractivity (Wildman–Crippen MR) is 89.3 cm³/mol. The van der Waals surface area contributed by atoms with Gasteiger partial charge in [0.1, 0.15) is 0 Å². The second-order valence-electron chi connectivity index (χ2n) is 6.75. The van der Waals surface area contributed by atoms with Gasteiger partial charge in [0.25, 0.3) is 0 Å². The van der Waals surface area contributed by atoms with Gasteiger partial charge in [0.15, 0.2) is 0 Å². The summed E-state index contributed by atoms with van der Waals surface area (Å²) in [6.07, 6.45) is 0.349. The summed E-state index contributed by atoms with van der Waals surface area (Å²) in [6.45, 7) is 6.37. The Labute approximate surface area is 143 Å². The van der Waals surface area contributed by atoms with Crippen LogP contribution in [0.25, 0.3) is 0 Å². The van der Waals surface area contributed by atoms with E-state index >= 15 is 0 Å². The Morgan fingerprint density at radius 2 is 2.10 bits per heavy atom. The smallest absolute Gasteiger partial charge is 0.405 e. The van der Waals surface area contributed by atoms with Crippen molar-refractivity contribution in [1.82, 2.24) is 5.32 Å². The van der Waals surface area contributed by atoms with Crippen molar-refractivity contribution in [2.75, 3.05) is 0 Å². The first-order valence-corrected chi connectivity index (χ1v) is 8.24. The molecule has 0 saturated heterocycles. The van der Waals surface area contributed by atoms with Gasteiger partial charge < -0.3 is 10.4 Å². The van der Waals surface area contributed by atoms with Gasteiger partial charge in [-0.05, 0) is 41.9 Å². The van der Waals surface area contributed by atoms with E-state index in [2.05, 4.69) is 42.0 Å². The molecule has 116 valence electrons. The lowest BCUT2D eigenvalue weighted by Crippen LogP contribution is -2.41. The third kappa shape index (κ3) is 3.66. The van der Waals surface area contributed by atoms with Crippen LogP contribution in [0.2, 0.25) is 10.0 Å². The van der Waals surface area contributed by atoms with Crippen molar-refractivity contribution in [2.24, 2.45) is 11.3 Å². The maximum Gasteiger partial charge on any atom is 0.405 e. The Hall–Kier alpha value is -0.450. The third-order valence-electron chi connectivity index (χ3n) is 4.05. The van der Waals surface area contributed by atoms with Crippen LogP contribution < -0.4 is 5.32 Å². The molecule has 1 aromatic rings. The van der Waals surface area contributed by atoms with Crippen LogP contribution in [0.3, 0.4) is 0 Å². The number of hydrogen-bond acceptors (Lipinski definition) is 1. The Bertz CT molecular complexity index is 586. The average Bonchev–Trinajstić information content (AvgIpc) is 2.98. The molecule has 2 rings (SSSR count). The highest BCUT2D eigenvalue weighted by molar-refractivity contribution is 9.10. The van der Waals surface area contributed by atoms with Gasteiger partial charge in [-0.15, -0.1) is 0 Å².